The van der Waals surface area contributed by atoms with Crippen LogP contribution in [-0.4, -0.2) is 47.7 Å². The van der Waals surface area contributed by atoms with Crippen molar-refractivity contribution in [3.05, 3.63) is 28.2 Å². The van der Waals surface area contributed by atoms with E-state index in [2.05, 4.69) is 22.1 Å². The molecule has 5 nitrogen and oxygen atoms in total. The number of hydrogen-bond donors (Lipinski definition) is 1. The number of rotatable bonds is 3. The van der Waals surface area contributed by atoms with Gasteiger partial charge in [-0.3, -0.25) is 0 Å². The number of benzene rings is 1. The Bertz CT molecular complexity index is 835. The summed E-state index contributed by atoms with van der Waals surface area (Å²) in [7, 11) is 0. The molecule has 2 aromatic rings. The number of ether oxygens (including phenoxy) is 1. The highest BCUT2D eigenvalue weighted by molar-refractivity contribution is 7.18. The Balaban J connectivity index is 1.33. The molecule has 5 rings (SSSR count). The fourth-order valence-corrected chi connectivity index (χ4v) is 5.76. The second-order valence-electron chi connectivity index (χ2n) is 7.41. The van der Waals surface area contributed by atoms with Crippen molar-refractivity contribution >= 4 is 39.1 Å². The highest BCUT2D eigenvalue weighted by Crippen LogP contribution is 2.47. The molecule has 0 aliphatic carbocycles. The molecule has 2 bridgehead atoms. The zero-order valence-electron chi connectivity index (χ0n) is 14.8. The van der Waals surface area contributed by atoms with Gasteiger partial charge in [0.15, 0.2) is 5.96 Å². The molecule has 4 unspecified atom stereocenters. The SMILES string of the molecule is CCNC(=NCc1nc2cc(Cl)ccc2s1)N1CC2C3CCC(O3)C2C1. The summed E-state index contributed by atoms with van der Waals surface area (Å²) in [5.74, 6) is 2.38. The number of aromatic nitrogens is 1. The number of nitrogens with zero attached hydrogens (tertiary/aromatic N) is 3. The maximum absolute atomic E-state index is 6.09. The Morgan fingerprint density at radius 3 is 2.85 bits per heavy atom. The lowest BCUT2D eigenvalue weighted by Crippen LogP contribution is -2.41. The lowest BCUT2D eigenvalue weighted by atomic mass is 9.82. The third kappa shape index (κ3) is 2.88. The summed E-state index contributed by atoms with van der Waals surface area (Å²) >= 11 is 7.76. The quantitative estimate of drug-likeness (QED) is 0.643. The molecule has 0 amide bonds. The minimum Gasteiger partial charge on any atom is -0.374 e. The van der Waals surface area contributed by atoms with E-state index in [1.807, 2.05) is 18.2 Å². The molecule has 3 aliphatic rings. The summed E-state index contributed by atoms with van der Waals surface area (Å²) in [5, 5.41) is 5.22. The van der Waals surface area contributed by atoms with Gasteiger partial charge in [-0.25, -0.2) is 9.98 Å². The number of thiazole rings is 1. The molecule has 1 N–H and O–H groups in total. The lowest BCUT2D eigenvalue weighted by Gasteiger charge is -2.23. The fraction of sp³-hybridized carbons (Fsp3) is 0.579. The van der Waals surface area contributed by atoms with Gasteiger partial charge in [0.2, 0.25) is 0 Å². The van der Waals surface area contributed by atoms with E-state index >= 15 is 0 Å². The Morgan fingerprint density at radius 1 is 1.35 bits per heavy atom. The van der Waals surface area contributed by atoms with Crippen LogP contribution in [0.15, 0.2) is 23.2 Å². The highest BCUT2D eigenvalue weighted by atomic mass is 35.5. The van der Waals surface area contributed by atoms with Crippen LogP contribution in [-0.2, 0) is 11.3 Å². The summed E-state index contributed by atoms with van der Waals surface area (Å²) in [4.78, 5) is 12.0. The van der Waals surface area contributed by atoms with Gasteiger partial charge in [-0.05, 0) is 38.0 Å². The Labute approximate surface area is 162 Å². The average molecular weight is 391 g/mol. The maximum Gasteiger partial charge on any atom is 0.194 e. The Kier molecular flexibility index (Phi) is 4.30. The average Bonchev–Trinajstić information content (AvgIpc) is 3.38. The molecule has 3 aliphatic heterocycles. The van der Waals surface area contributed by atoms with Crippen molar-refractivity contribution in [1.82, 2.24) is 15.2 Å². The lowest BCUT2D eigenvalue weighted by molar-refractivity contribution is 0.0767. The molecule has 1 aromatic carbocycles. The molecule has 1 aromatic heterocycles. The zero-order chi connectivity index (χ0) is 17.7. The van der Waals surface area contributed by atoms with Gasteiger partial charge >= 0.3 is 0 Å². The standard InChI is InChI=1S/C19H23ClN4OS/c1-2-21-19(24-9-12-13(10-24)16-5-4-15(12)25-16)22-8-18-23-14-7-11(20)3-6-17(14)26-18/h3,6-7,12-13,15-16H,2,4-5,8-10H2,1H3,(H,21,22). The number of halogens is 1. The van der Waals surface area contributed by atoms with Crippen LogP contribution in [0.3, 0.4) is 0 Å². The molecular weight excluding hydrogens is 368 g/mol. The van der Waals surface area contributed by atoms with Crippen LogP contribution in [0.4, 0.5) is 0 Å². The number of nitrogens with one attached hydrogen (secondary N) is 1. The van der Waals surface area contributed by atoms with Crippen molar-refractivity contribution in [2.24, 2.45) is 16.8 Å². The van der Waals surface area contributed by atoms with Crippen LogP contribution >= 0.6 is 22.9 Å². The number of guanidine groups is 1. The fourth-order valence-electron chi connectivity index (χ4n) is 4.72. The first kappa shape index (κ1) is 16.8. The predicted octanol–water partition coefficient (Wildman–Crippen LogP) is 3.52. The number of aliphatic imine (C=N–C) groups is 1. The first-order chi connectivity index (χ1) is 12.7. The van der Waals surface area contributed by atoms with Crippen LogP contribution in [0.1, 0.15) is 24.8 Å². The van der Waals surface area contributed by atoms with Crippen molar-refractivity contribution in [3.8, 4) is 0 Å². The van der Waals surface area contributed by atoms with Crippen molar-refractivity contribution in [1.29, 1.82) is 0 Å². The Morgan fingerprint density at radius 2 is 2.12 bits per heavy atom. The summed E-state index contributed by atoms with van der Waals surface area (Å²) in [5.41, 5.74) is 0.960. The monoisotopic (exact) mass is 390 g/mol. The van der Waals surface area contributed by atoms with Gasteiger partial charge < -0.3 is 15.0 Å². The molecule has 0 saturated carbocycles. The van der Waals surface area contributed by atoms with Crippen LogP contribution in [0.25, 0.3) is 10.2 Å². The smallest absolute Gasteiger partial charge is 0.194 e. The molecule has 4 heterocycles. The van der Waals surface area contributed by atoms with Gasteiger partial charge in [0.1, 0.15) is 5.01 Å². The second kappa shape index (κ2) is 6.66. The van der Waals surface area contributed by atoms with E-state index in [9.17, 15) is 0 Å². The van der Waals surface area contributed by atoms with Crippen molar-refractivity contribution in [3.63, 3.8) is 0 Å². The van der Waals surface area contributed by atoms with Crippen molar-refractivity contribution in [2.45, 2.75) is 38.5 Å². The maximum atomic E-state index is 6.09. The number of fused-ring (bicyclic) bond motifs is 6. The van der Waals surface area contributed by atoms with Gasteiger partial charge in [0.25, 0.3) is 0 Å². The second-order valence-corrected chi connectivity index (χ2v) is 8.96. The van der Waals surface area contributed by atoms with Gasteiger partial charge in [-0.15, -0.1) is 11.3 Å². The molecule has 3 fully saturated rings. The van der Waals surface area contributed by atoms with Crippen LogP contribution < -0.4 is 5.32 Å². The number of hydrogen-bond acceptors (Lipinski definition) is 4. The summed E-state index contributed by atoms with van der Waals surface area (Å²) in [6, 6.07) is 5.87. The van der Waals surface area contributed by atoms with Gasteiger partial charge in [-0.1, -0.05) is 11.6 Å². The van der Waals surface area contributed by atoms with E-state index in [-0.39, 0.29) is 0 Å². The molecule has 0 radical (unpaired) electrons. The van der Waals surface area contributed by atoms with E-state index in [1.165, 1.54) is 12.8 Å². The van der Waals surface area contributed by atoms with Gasteiger partial charge in [-0.2, -0.15) is 0 Å². The summed E-state index contributed by atoms with van der Waals surface area (Å²) < 4.78 is 7.25. The van der Waals surface area contributed by atoms with E-state index in [1.54, 1.807) is 11.3 Å². The van der Waals surface area contributed by atoms with Crippen LogP contribution in [0.5, 0.6) is 0 Å². The summed E-state index contributed by atoms with van der Waals surface area (Å²) in [6.07, 6.45) is 3.43. The molecule has 4 atom stereocenters. The minimum atomic E-state index is 0.479. The van der Waals surface area contributed by atoms with Gasteiger partial charge in [0.05, 0.1) is 29.0 Å². The highest BCUT2D eigenvalue weighted by Gasteiger charge is 2.53. The topological polar surface area (TPSA) is 49.8 Å². The van der Waals surface area contributed by atoms with Crippen LogP contribution in [0.2, 0.25) is 5.02 Å². The molecule has 0 spiro atoms. The molecular formula is C19H23ClN4OS. The Hall–Kier alpha value is -1.37. The zero-order valence-corrected chi connectivity index (χ0v) is 16.4. The molecule has 138 valence electrons. The van der Waals surface area contributed by atoms with Crippen molar-refractivity contribution < 1.29 is 4.74 Å². The first-order valence-electron chi connectivity index (χ1n) is 9.45. The van der Waals surface area contributed by atoms with E-state index < -0.39 is 0 Å². The number of likely N-dealkylation sites (tertiary alicyclic amines) is 1. The first-order valence-corrected chi connectivity index (χ1v) is 10.6. The third-order valence-electron chi connectivity index (χ3n) is 5.85. The van der Waals surface area contributed by atoms with Crippen LogP contribution in [0, 0.1) is 11.8 Å². The minimum absolute atomic E-state index is 0.479. The summed E-state index contributed by atoms with van der Waals surface area (Å²) in [6.45, 7) is 5.73. The van der Waals surface area contributed by atoms with E-state index in [4.69, 9.17) is 21.3 Å². The predicted molar refractivity (Wildman–Crippen MR) is 106 cm³/mol. The van der Waals surface area contributed by atoms with E-state index in [0.29, 0.717) is 30.6 Å². The third-order valence-corrected chi connectivity index (χ3v) is 7.10. The molecule has 7 heteroatoms. The van der Waals surface area contributed by atoms with E-state index in [0.717, 1.165) is 45.8 Å². The molecule has 3 saturated heterocycles. The van der Waals surface area contributed by atoms with Crippen molar-refractivity contribution in [2.75, 3.05) is 19.6 Å². The normalized spacial score (nSPS) is 30.4. The molecule has 26 heavy (non-hydrogen) atoms. The largest absolute Gasteiger partial charge is 0.374 e. The van der Waals surface area contributed by atoms with Gasteiger partial charge in [0, 0.05) is 36.5 Å².